The molecule has 6 heteroatoms. The predicted octanol–water partition coefficient (Wildman–Crippen LogP) is 2.38. The fourth-order valence-corrected chi connectivity index (χ4v) is 3.25. The zero-order chi connectivity index (χ0) is 19.7. The summed E-state index contributed by atoms with van der Waals surface area (Å²) in [4.78, 5) is 24.5. The van der Waals surface area contributed by atoms with Gasteiger partial charge in [-0.3, -0.25) is 4.79 Å². The topological polar surface area (TPSA) is 102 Å². The Morgan fingerprint density at radius 2 is 1.59 bits per heavy atom. The number of aromatic carboxylic acids is 1. The second kappa shape index (κ2) is 8.00. The van der Waals surface area contributed by atoms with Gasteiger partial charge in [0.2, 0.25) is 5.78 Å². The Hall–Kier alpha value is -3.90. The lowest BCUT2D eigenvalue weighted by molar-refractivity contribution is -0.255. The second-order valence-corrected chi connectivity index (χ2v) is 6.33. The summed E-state index contributed by atoms with van der Waals surface area (Å²) in [7, 11) is 1.59. The van der Waals surface area contributed by atoms with Gasteiger partial charge < -0.3 is 24.5 Å². The monoisotopic (exact) mass is 388 g/mol. The van der Waals surface area contributed by atoms with E-state index in [1.165, 1.54) is 12.1 Å². The first-order valence-corrected chi connectivity index (χ1v) is 8.69. The van der Waals surface area contributed by atoms with E-state index in [0.717, 1.165) is 5.56 Å². The fourth-order valence-electron chi connectivity index (χ4n) is 3.25. The van der Waals surface area contributed by atoms with Crippen LogP contribution in [0.4, 0.5) is 0 Å². The van der Waals surface area contributed by atoms with Crippen LogP contribution >= 0.6 is 0 Å². The molecule has 0 saturated heterocycles. The molecular formula is C23H18NO5-. The van der Waals surface area contributed by atoms with E-state index in [1.807, 2.05) is 48.5 Å². The maximum absolute atomic E-state index is 13.3. The van der Waals surface area contributed by atoms with Crippen LogP contribution < -0.4 is 9.84 Å². The minimum absolute atomic E-state index is 0. The number of pyridine rings is 1. The number of hydrogen-bond acceptors (Lipinski definition) is 4. The van der Waals surface area contributed by atoms with Crippen LogP contribution in [0.1, 0.15) is 26.4 Å². The van der Waals surface area contributed by atoms with Gasteiger partial charge >= 0.3 is 0 Å². The van der Waals surface area contributed by atoms with E-state index >= 15 is 0 Å². The average molecular weight is 388 g/mol. The van der Waals surface area contributed by atoms with E-state index in [1.54, 1.807) is 29.8 Å². The number of hydrogen-bond donors (Lipinski definition) is 0. The molecule has 0 fully saturated rings. The SMILES string of the molecule is COc1ccc(-c2cc3cc(C(=O)[O-])ccn3c2C(=O)c2ccccc2)cc1.O. The number of carboxylic acid groups (broad SMARTS) is 1. The first kappa shape index (κ1) is 19.9. The Balaban J connectivity index is 0.00000240. The lowest BCUT2D eigenvalue weighted by Gasteiger charge is -2.08. The van der Waals surface area contributed by atoms with Crippen molar-refractivity contribution in [3.8, 4) is 16.9 Å². The van der Waals surface area contributed by atoms with Crippen molar-refractivity contribution >= 4 is 17.3 Å². The van der Waals surface area contributed by atoms with Gasteiger partial charge in [0.25, 0.3) is 0 Å². The number of carboxylic acids is 1. The van der Waals surface area contributed by atoms with Gasteiger partial charge in [0.15, 0.2) is 0 Å². The van der Waals surface area contributed by atoms with E-state index < -0.39 is 5.97 Å². The molecule has 29 heavy (non-hydrogen) atoms. The number of rotatable bonds is 5. The Labute approximate surface area is 166 Å². The highest BCUT2D eigenvalue weighted by atomic mass is 16.5. The third kappa shape index (κ3) is 3.61. The molecule has 6 nitrogen and oxygen atoms in total. The van der Waals surface area contributed by atoms with Gasteiger partial charge in [0.1, 0.15) is 11.4 Å². The number of ether oxygens (including phenoxy) is 1. The Bertz CT molecular complexity index is 1180. The molecule has 146 valence electrons. The van der Waals surface area contributed by atoms with E-state index in [-0.39, 0.29) is 16.8 Å². The highest BCUT2D eigenvalue weighted by Crippen LogP contribution is 2.31. The van der Waals surface area contributed by atoms with Crippen molar-refractivity contribution in [1.82, 2.24) is 4.40 Å². The molecule has 2 heterocycles. The van der Waals surface area contributed by atoms with Gasteiger partial charge in [-0.05, 0) is 35.9 Å². The van der Waals surface area contributed by atoms with Crippen molar-refractivity contribution in [1.29, 1.82) is 0 Å². The molecular weight excluding hydrogens is 370 g/mol. The van der Waals surface area contributed by atoms with Crippen molar-refractivity contribution < 1.29 is 24.9 Å². The maximum atomic E-state index is 13.3. The third-order valence-electron chi connectivity index (χ3n) is 4.66. The normalized spacial score (nSPS) is 10.4. The van der Waals surface area contributed by atoms with Crippen molar-refractivity contribution in [2.75, 3.05) is 7.11 Å². The van der Waals surface area contributed by atoms with Crippen LogP contribution in [-0.4, -0.2) is 28.7 Å². The highest BCUT2D eigenvalue weighted by Gasteiger charge is 2.20. The number of benzene rings is 2. The first-order valence-electron chi connectivity index (χ1n) is 8.69. The van der Waals surface area contributed by atoms with Crippen LogP contribution in [0, 0.1) is 0 Å². The summed E-state index contributed by atoms with van der Waals surface area (Å²) in [6.45, 7) is 0. The number of carbonyl (C=O) groups is 2. The molecule has 4 rings (SSSR count). The number of methoxy groups -OCH3 is 1. The van der Waals surface area contributed by atoms with Crippen LogP contribution in [0.15, 0.2) is 79.0 Å². The molecule has 4 aromatic rings. The van der Waals surface area contributed by atoms with Gasteiger partial charge in [-0.15, -0.1) is 0 Å². The largest absolute Gasteiger partial charge is 0.545 e. The maximum Gasteiger partial charge on any atom is 0.210 e. The molecule has 0 unspecified atom stereocenters. The molecule has 0 saturated carbocycles. The molecule has 0 bridgehead atoms. The number of aromatic nitrogens is 1. The van der Waals surface area contributed by atoms with Gasteiger partial charge in [-0.2, -0.15) is 0 Å². The van der Waals surface area contributed by atoms with Crippen LogP contribution in [0.25, 0.3) is 16.6 Å². The summed E-state index contributed by atoms with van der Waals surface area (Å²) < 4.78 is 6.92. The van der Waals surface area contributed by atoms with E-state index in [4.69, 9.17) is 4.74 Å². The molecule has 2 N–H and O–H groups in total. The number of fused-ring (bicyclic) bond motifs is 1. The molecule has 2 aromatic carbocycles. The van der Waals surface area contributed by atoms with Crippen molar-refractivity contribution in [2.45, 2.75) is 0 Å². The zero-order valence-electron chi connectivity index (χ0n) is 15.6. The van der Waals surface area contributed by atoms with Crippen LogP contribution in [0.5, 0.6) is 5.75 Å². The van der Waals surface area contributed by atoms with Gasteiger partial charge in [0.05, 0.1) is 13.1 Å². The van der Waals surface area contributed by atoms with Gasteiger partial charge in [0, 0.05) is 28.4 Å². The summed E-state index contributed by atoms with van der Waals surface area (Å²) in [5.74, 6) is -0.694. The molecule has 2 aromatic heterocycles. The van der Waals surface area contributed by atoms with E-state index in [2.05, 4.69) is 0 Å². The van der Waals surface area contributed by atoms with E-state index in [0.29, 0.717) is 28.1 Å². The third-order valence-corrected chi connectivity index (χ3v) is 4.66. The Morgan fingerprint density at radius 1 is 0.897 bits per heavy atom. The minimum atomic E-state index is -1.26. The quantitative estimate of drug-likeness (QED) is 0.490. The predicted molar refractivity (Wildman–Crippen MR) is 107 cm³/mol. The van der Waals surface area contributed by atoms with Gasteiger partial charge in [-0.1, -0.05) is 42.5 Å². The van der Waals surface area contributed by atoms with Crippen LogP contribution in [0.3, 0.4) is 0 Å². The van der Waals surface area contributed by atoms with Crippen molar-refractivity contribution in [3.63, 3.8) is 0 Å². The molecule has 0 aliphatic carbocycles. The lowest BCUT2D eigenvalue weighted by Crippen LogP contribution is -2.22. The number of ketones is 1. The number of carbonyl (C=O) groups excluding carboxylic acids is 2. The molecule has 0 aliphatic heterocycles. The standard InChI is InChI=1S/C23H17NO4.H2O/c1-28-19-9-7-15(8-10-19)20-14-18-13-17(23(26)27)11-12-24(18)21(20)22(25)16-5-3-2-4-6-16;/h2-14H,1H3,(H,26,27);1H2/p-1. The number of nitrogens with zero attached hydrogens (tertiary/aromatic N) is 1. The highest BCUT2D eigenvalue weighted by molar-refractivity contribution is 6.13. The summed E-state index contributed by atoms with van der Waals surface area (Å²) in [6, 6.07) is 21.1. The minimum Gasteiger partial charge on any atom is -0.545 e. The summed E-state index contributed by atoms with van der Waals surface area (Å²) in [6.07, 6.45) is 1.59. The molecule has 0 aliphatic rings. The molecule has 0 amide bonds. The van der Waals surface area contributed by atoms with Crippen LogP contribution in [-0.2, 0) is 0 Å². The average Bonchev–Trinajstić information content (AvgIpc) is 3.12. The molecule has 0 atom stereocenters. The summed E-state index contributed by atoms with van der Waals surface area (Å²) in [5.41, 5.74) is 3.24. The fraction of sp³-hybridized carbons (Fsp3) is 0.0435. The summed E-state index contributed by atoms with van der Waals surface area (Å²) in [5, 5.41) is 11.2. The van der Waals surface area contributed by atoms with Gasteiger partial charge in [-0.25, -0.2) is 0 Å². The first-order chi connectivity index (χ1) is 13.6. The van der Waals surface area contributed by atoms with Crippen molar-refractivity contribution in [2.24, 2.45) is 0 Å². The molecule has 0 radical (unpaired) electrons. The van der Waals surface area contributed by atoms with Crippen molar-refractivity contribution in [3.05, 3.63) is 95.8 Å². The summed E-state index contributed by atoms with van der Waals surface area (Å²) >= 11 is 0. The molecule has 0 spiro atoms. The Kier molecular flexibility index (Phi) is 5.47. The van der Waals surface area contributed by atoms with Crippen LogP contribution in [0.2, 0.25) is 0 Å². The smallest absolute Gasteiger partial charge is 0.210 e. The van der Waals surface area contributed by atoms with E-state index in [9.17, 15) is 14.7 Å². The second-order valence-electron chi connectivity index (χ2n) is 6.33. The zero-order valence-corrected chi connectivity index (χ0v) is 15.6. The lowest BCUT2D eigenvalue weighted by atomic mass is 10.0. The Morgan fingerprint density at radius 3 is 2.21 bits per heavy atom.